The second-order valence-electron chi connectivity index (χ2n) is 10.1. The summed E-state index contributed by atoms with van der Waals surface area (Å²) >= 11 is 0. The highest BCUT2D eigenvalue weighted by molar-refractivity contribution is 7.89. The molecule has 0 spiro atoms. The van der Waals surface area contributed by atoms with Crippen LogP contribution in [0.15, 0.2) is 29.2 Å². The molecule has 8 heteroatoms. The third kappa shape index (κ3) is 4.76. The van der Waals surface area contributed by atoms with E-state index in [0.29, 0.717) is 36.0 Å². The summed E-state index contributed by atoms with van der Waals surface area (Å²) in [6, 6.07) is 6.99. The lowest BCUT2D eigenvalue weighted by Crippen LogP contribution is -2.32. The molecule has 1 N–H and O–H groups in total. The predicted octanol–water partition coefficient (Wildman–Crippen LogP) is 4.64. The summed E-state index contributed by atoms with van der Waals surface area (Å²) in [4.78, 5) is 13.5. The van der Waals surface area contributed by atoms with Crippen molar-refractivity contribution in [2.75, 3.05) is 18.4 Å². The predicted molar refractivity (Wildman–Crippen MR) is 126 cm³/mol. The summed E-state index contributed by atoms with van der Waals surface area (Å²) in [5.41, 5.74) is 2.27. The summed E-state index contributed by atoms with van der Waals surface area (Å²) < 4.78 is 30.0. The van der Waals surface area contributed by atoms with Gasteiger partial charge in [-0.05, 0) is 77.1 Å². The van der Waals surface area contributed by atoms with Gasteiger partial charge in [-0.15, -0.1) is 0 Å². The van der Waals surface area contributed by atoms with E-state index in [0.717, 1.165) is 44.2 Å². The molecule has 1 saturated carbocycles. The van der Waals surface area contributed by atoms with Gasteiger partial charge in [-0.3, -0.25) is 9.48 Å². The molecular formula is C24H34N4O3S. The Morgan fingerprint density at radius 2 is 1.72 bits per heavy atom. The molecular weight excluding hydrogens is 424 g/mol. The van der Waals surface area contributed by atoms with Gasteiger partial charge in [-0.1, -0.05) is 18.9 Å². The van der Waals surface area contributed by atoms with Gasteiger partial charge in [0.1, 0.15) is 5.69 Å². The van der Waals surface area contributed by atoms with Crippen LogP contribution in [-0.4, -0.2) is 41.5 Å². The van der Waals surface area contributed by atoms with Crippen molar-refractivity contribution in [1.82, 2.24) is 14.1 Å². The van der Waals surface area contributed by atoms with E-state index in [4.69, 9.17) is 5.10 Å². The largest absolute Gasteiger partial charge is 0.321 e. The summed E-state index contributed by atoms with van der Waals surface area (Å²) in [5.74, 6) is 0.163. The van der Waals surface area contributed by atoms with Crippen LogP contribution < -0.4 is 5.32 Å². The first-order chi connectivity index (χ1) is 15.1. The number of nitrogens with one attached hydrogen (secondary N) is 1. The Labute approximate surface area is 191 Å². The topological polar surface area (TPSA) is 84.3 Å². The van der Waals surface area contributed by atoms with Crippen molar-refractivity contribution in [3.63, 3.8) is 0 Å². The second kappa shape index (κ2) is 8.63. The van der Waals surface area contributed by atoms with Gasteiger partial charge in [0.25, 0.3) is 5.91 Å². The fourth-order valence-corrected chi connectivity index (χ4v) is 5.99. The molecule has 2 aliphatic rings. The van der Waals surface area contributed by atoms with Gasteiger partial charge in [0, 0.05) is 24.7 Å². The van der Waals surface area contributed by atoms with Crippen LogP contribution in [0.25, 0.3) is 0 Å². The summed E-state index contributed by atoms with van der Waals surface area (Å²) in [7, 11) is -3.60. The average Bonchev–Trinajstić information content (AvgIpc) is 3.51. The Morgan fingerprint density at radius 3 is 2.31 bits per heavy atom. The first-order valence-electron chi connectivity index (χ1n) is 11.6. The Bertz CT molecular complexity index is 1100. The lowest BCUT2D eigenvalue weighted by Gasteiger charge is -2.23. The Morgan fingerprint density at radius 1 is 1.06 bits per heavy atom. The average molecular weight is 459 g/mol. The van der Waals surface area contributed by atoms with Crippen molar-refractivity contribution in [2.24, 2.45) is 0 Å². The maximum absolute atomic E-state index is 13.3. The Hall–Kier alpha value is -2.19. The van der Waals surface area contributed by atoms with E-state index in [2.05, 4.69) is 5.32 Å². The molecule has 32 heavy (non-hydrogen) atoms. The van der Waals surface area contributed by atoms with Crippen LogP contribution in [0.5, 0.6) is 0 Å². The van der Waals surface area contributed by atoms with Crippen LogP contribution in [0.2, 0.25) is 0 Å². The lowest BCUT2D eigenvalue weighted by atomic mass is 10.1. The monoisotopic (exact) mass is 458 g/mol. The van der Waals surface area contributed by atoms with E-state index in [1.807, 2.05) is 26.8 Å². The summed E-state index contributed by atoms with van der Waals surface area (Å²) in [6.07, 6.45) is 6.11. The zero-order valence-electron chi connectivity index (χ0n) is 19.5. The molecule has 2 fully saturated rings. The van der Waals surface area contributed by atoms with Crippen molar-refractivity contribution >= 4 is 21.6 Å². The molecule has 1 aliphatic heterocycles. The van der Waals surface area contributed by atoms with E-state index < -0.39 is 10.0 Å². The third-order valence-electron chi connectivity index (χ3n) is 6.22. The van der Waals surface area contributed by atoms with Crippen LogP contribution in [0.1, 0.15) is 87.0 Å². The van der Waals surface area contributed by atoms with E-state index in [-0.39, 0.29) is 16.3 Å². The first kappa shape index (κ1) is 23.0. The Balaban J connectivity index is 1.61. The highest BCUT2D eigenvalue weighted by Gasteiger charge is 2.32. The normalized spacial score (nSPS) is 18.4. The number of sulfonamides is 1. The third-order valence-corrected chi connectivity index (χ3v) is 8.26. The molecule has 0 radical (unpaired) electrons. The zero-order valence-corrected chi connectivity index (χ0v) is 20.3. The van der Waals surface area contributed by atoms with Gasteiger partial charge < -0.3 is 5.32 Å². The quantitative estimate of drug-likeness (QED) is 0.707. The maximum atomic E-state index is 13.3. The number of aryl methyl sites for hydroxylation is 1. The summed E-state index contributed by atoms with van der Waals surface area (Å²) in [5, 5.41) is 7.62. The number of aromatic nitrogens is 2. The smallest absolute Gasteiger partial charge is 0.273 e. The van der Waals surface area contributed by atoms with Crippen LogP contribution >= 0.6 is 0 Å². The van der Waals surface area contributed by atoms with Crippen LogP contribution in [0.3, 0.4) is 0 Å². The molecule has 1 aliphatic carbocycles. The van der Waals surface area contributed by atoms with E-state index in [9.17, 15) is 13.2 Å². The molecule has 4 rings (SSSR count). The number of carbonyl (C=O) groups excluding carboxylic acids is 1. The molecule has 1 amide bonds. The first-order valence-corrected chi connectivity index (χ1v) is 13.0. The molecule has 7 nitrogen and oxygen atoms in total. The number of hydrogen-bond donors (Lipinski definition) is 1. The molecule has 2 aromatic rings. The van der Waals surface area contributed by atoms with Gasteiger partial charge in [-0.25, -0.2) is 8.42 Å². The SMILES string of the molecule is Cc1ccc(NC(=O)c2cc(C3CC3)nn2C(C)(C)C)cc1S(=O)(=O)N1CCCCCC1. The number of carbonyl (C=O) groups is 1. The molecule has 174 valence electrons. The molecule has 1 aromatic heterocycles. The van der Waals surface area contributed by atoms with E-state index in [1.54, 1.807) is 34.1 Å². The van der Waals surface area contributed by atoms with Crippen molar-refractivity contribution in [3.05, 3.63) is 41.2 Å². The highest BCUT2D eigenvalue weighted by atomic mass is 32.2. The molecule has 0 unspecified atom stereocenters. The zero-order chi connectivity index (χ0) is 23.1. The van der Waals surface area contributed by atoms with Crippen molar-refractivity contribution in [2.45, 2.75) is 82.6 Å². The van der Waals surface area contributed by atoms with Gasteiger partial charge in [-0.2, -0.15) is 9.40 Å². The Kier molecular flexibility index (Phi) is 6.20. The highest BCUT2D eigenvalue weighted by Crippen LogP contribution is 2.40. The van der Waals surface area contributed by atoms with Crippen molar-refractivity contribution < 1.29 is 13.2 Å². The van der Waals surface area contributed by atoms with Gasteiger partial charge in [0.15, 0.2) is 0 Å². The van der Waals surface area contributed by atoms with Crippen molar-refractivity contribution in [1.29, 1.82) is 0 Å². The molecule has 0 atom stereocenters. The molecule has 1 saturated heterocycles. The van der Waals surface area contributed by atoms with Crippen LogP contribution in [0.4, 0.5) is 5.69 Å². The number of amides is 1. The number of rotatable bonds is 5. The minimum absolute atomic E-state index is 0.264. The number of hydrogen-bond acceptors (Lipinski definition) is 4. The minimum Gasteiger partial charge on any atom is -0.321 e. The minimum atomic E-state index is -3.60. The second-order valence-corrected chi connectivity index (χ2v) is 12.0. The van der Waals surface area contributed by atoms with Crippen LogP contribution in [-0.2, 0) is 15.6 Å². The van der Waals surface area contributed by atoms with E-state index >= 15 is 0 Å². The summed E-state index contributed by atoms with van der Waals surface area (Å²) in [6.45, 7) is 8.95. The van der Waals surface area contributed by atoms with Gasteiger partial charge >= 0.3 is 0 Å². The molecule has 1 aromatic carbocycles. The number of benzene rings is 1. The van der Waals surface area contributed by atoms with Crippen molar-refractivity contribution in [3.8, 4) is 0 Å². The number of nitrogens with zero attached hydrogens (tertiary/aromatic N) is 3. The van der Waals surface area contributed by atoms with Gasteiger partial charge in [0.05, 0.1) is 16.1 Å². The standard InChI is InChI=1S/C24H34N4O3S/c1-17-9-12-19(15-22(17)32(30,31)27-13-7-5-6-8-14-27)25-23(29)21-16-20(18-10-11-18)26-28(21)24(2,3)4/h9,12,15-16,18H,5-8,10-11,13-14H2,1-4H3,(H,25,29). The fraction of sp³-hybridized carbons (Fsp3) is 0.583. The lowest BCUT2D eigenvalue weighted by molar-refractivity contribution is 0.100. The van der Waals surface area contributed by atoms with E-state index in [1.165, 1.54) is 0 Å². The molecule has 2 heterocycles. The maximum Gasteiger partial charge on any atom is 0.273 e. The number of anilines is 1. The van der Waals surface area contributed by atoms with Crippen LogP contribution in [0, 0.1) is 6.92 Å². The fourth-order valence-electron chi connectivity index (χ4n) is 4.22. The van der Waals surface area contributed by atoms with Gasteiger partial charge in [0.2, 0.25) is 10.0 Å². The molecule has 0 bridgehead atoms.